The molecule has 86 valence electrons. The van der Waals surface area contributed by atoms with Gasteiger partial charge in [-0.2, -0.15) is 9.57 Å². The Hall–Kier alpha value is -0.900. The molecule has 1 rings (SSSR count). The van der Waals surface area contributed by atoms with E-state index in [1.807, 2.05) is 24.3 Å². The molecule has 4 nitrogen and oxygen atoms in total. The fourth-order valence-electron chi connectivity index (χ4n) is 1.14. The SMILES string of the molecule is CN(Cc1ccc(Br)cc1)S(=O)(=O)CC#N. The van der Waals surface area contributed by atoms with E-state index >= 15 is 0 Å². The predicted molar refractivity (Wildman–Crippen MR) is 65.0 cm³/mol. The Labute approximate surface area is 104 Å². The molecule has 0 bridgehead atoms. The van der Waals surface area contributed by atoms with Gasteiger partial charge < -0.3 is 0 Å². The minimum Gasteiger partial charge on any atom is -0.211 e. The second-order valence-corrected chi connectivity index (χ2v) is 6.29. The molecule has 1 aromatic rings. The normalized spacial score (nSPS) is 11.4. The second kappa shape index (κ2) is 5.43. The summed E-state index contributed by atoms with van der Waals surface area (Å²) in [6, 6.07) is 9.01. The van der Waals surface area contributed by atoms with Crippen LogP contribution in [0.5, 0.6) is 0 Å². The Morgan fingerprint density at radius 1 is 1.38 bits per heavy atom. The van der Waals surface area contributed by atoms with Crippen molar-refractivity contribution in [2.75, 3.05) is 12.8 Å². The third kappa shape index (κ3) is 3.59. The minimum absolute atomic E-state index is 0.275. The summed E-state index contributed by atoms with van der Waals surface area (Å²) in [4.78, 5) is 0. The number of nitriles is 1. The Bertz CT molecular complexity index is 491. The van der Waals surface area contributed by atoms with Gasteiger partial charge in [-0.25, -0.2) is 8.42 Å². The molecule has 0 heterocycles. The first-order chi connectivity index (χ1) is 7.45. The molecule has 0 saturated heterocycles. The third-order valence-electron chi connectivity index (χ3n) is 2.04. The molecule has 0 aromatic heterocycles. The average Bonchev–Trinajstić information content (AvgIpc) is 2.21. The van der Waals surface area contributed by atoms with Gasteiger partial charge in [0, 0.05) is 18.1 Å². The summed E-state index contributed by atoms with van der Waals surface area (Å²) in [5.41, 5.74) is 0.882. The number of rotatable bonds is 4. The van der Waals surface area contributed by atoms with E-state index in [0.29, 0.717) is 0 Å². The van der Waals surface area contributed by atoms with Crippen LogP contribution < -0.4 is 0 Å². The highest BCUT2D eigenvalue weighted by Gasteiger charge is 2.17. The lowest BCUT2D eigenvalue weighted by molar-refractivity contribution is 0.469. The highest BCUT2D eigenvalue weighted by atomic mass is 79.9. The summed E-state index contributed by atoms with van der Waals surface area (Å²) in [6.45, 7) is 0.275. The molecule has 16 heavy (non-hydrogen) atoms. The van der Waals surface area contributed by atoms with E-state index in [4.69, 9.17) is 5.26 Å². The van der Waals surface area contributed by atoms with Crippen LogP contribution >= 0.6 is 15.9 Å². The van der Waals surface area contributed by atoms with Crippen LogP contribution in [-0.2, 0) is 16.6 Å². The lowest BCUT2D eigenvalue weighted by Gasteiger charge is -2.15. The van der Waals surface area contributed by atoms with Gasteiger partial charge in [-0.05, 0) is 17.7 Å². The summed E-state index contributed by atoms with van der Waals surface area (Å²) in [5, 5.41) is 8.39. The largest absolute Gasteiger partial charge is 0.227 e. The predicted octanol–water partition coefficient (Wildman–Crippen LogP) is 1.73. The lowest BCUT2D eigenvalue weighted by Crippen LogP contribution is -2.28. The van der Waals surface area contributed by atoms with E-state index in [1.165, 1.54) is 11.4 Å². The Morgan fingerprint density at radius 3 is 2.44 bits per heavy atom. The Morgan fingerprint density at radius 2 is 1.94 bits per heavy atom. The fourth-order valence-corrected chi connectivity index (χ4v) is 2.13. The van der Waals surface area contributed by atoms with Gasteiger partial charge in [-0.1, -0.05) is 28.1 Å². The second-order valence-electron chi connectivity index (χ2n) is 3.30. The van der Waals surface area contributed by atoms with Gasteiger partial charge >= 0.3 is 0 Å². The Kier molecular flexibility index (Phi) is 4.47. The van der Waals surface area contributed by atoms with E-state index in [0.717, 1.165) is 10.0 Å². The summed E-state index contributed by atoms with van der Waals surface area (Å²) < 4.78 is 25.1. The van der Waals surface area contributed by atoms with Crippen LogP contribution in [0, 0.1) is 11.3 Å². The molecule has 0 aliphatic heterocycles. The number of sulfonamides is 1. The zero-order valence-corrected chi connectivity index (χ0v) is 11.1. The molecule has 0 spiro atoms. The molecule has 0 atom stereocenters. The van der Waals surface area contributed by atoms with Crippen molar-refractivity contribution in [3.8, 4) is 6.07 Å². The molecule has 0 fully saturated rings. The van der Waals surface area contributed by atoms with Crippen LogP contribution in [0.25, 0.3) is 0 Å². The maximum atomic E-state index is 11.5. The van der Waals surface area contributed by atoms with Gasteiger partial charge in [0.25, 0.3) is 0 Å². The molecule has 0 N–H and O–H groups in total. The van der Waals surface area contributed by atoms with E-state index in [-0.39, 0.29) is 6.54 Å². The first-order valence-electron chi connectivity index (χ1n) is 4.51. The van der Waals surface area contributed by atoms with Crippen molar-refractivity contribution < 1.29 is 8.42 Å². The quantitative estimate of drug-likeness (QED) is 0.851. The van der Waals surface area contributed by atoms with Crippen LogP contribution in [0.2, 0.25) is 0 Å². The first-order valence-corrected chi connectivity index (χ1v) is 6.91. The van der Waals surface area contributed by atoms with Crippen molar-refractivity contribution in [1.82, 2.24) is 4.31 Å². The molecule has 0 radical (unpaired) electrons. The molecular weight excluding hydrogens is 292 g/mol. The van der Waals surface area contributed by atoms with Crippen LogP contribution in [0.3, 0.4) is 0 Å². The summed E-state index contributed by atoms with van der Waals surface area (Å²) in [7, 11) is -1.99. The highest BCUT2D eigenvalue weighted by Crippen LogP contribution is 2.13. The van der Waals surface area contributed by atoms with Crippen molar-refractivity contribution in [2.45, 2.75) is 6.54 Å². The summed E-state index contributed by atoms with van der Waals surface area (Å²) in [5.74, 6) is -0.486. The fraction of sp³-hybridized carbons (Fsp3) is 0.300. The Balaban J connectivity index is 2.76. The van der Waals surface area contributed by atoms with Crippen molar-refractivity contribution in [3.63, 3.8) is 0 Å². The average molecular weight is 303 g/mol. The zero-order valence-electron chi connectivity index (χ0n) is 8.72. The summed E-state index contributed by atoms with van der Waals surface area (Å²) >= 11 is 3.30. The van der Waals surface area contributed by atoms with Crippen molar-refractivity contribution in [2.24, 2.45) is 0 Å². The van der Waals surface area contributed by atoms with Gasteiger partial charge in [-0.15, -0.1) is 0 Å². The maximum Gasteiger partial charge on any atom is 0.227 e. The maximum absolute atomic E-state index is 11.5. The topological polar surface area (TPSA) is 61.2 Å². The van der Waals surface area contributed by atoms with Gasteiger partial charge in [0.05, 0.1) is 6.07 Å². The number of hydrogen-bond acceptors (Lipinski definition) is 3. The molecule has 0 unspecified atom stereocenters. The van der Waals surface area contributed by atoms with E-state index in [2.05, 4.69) is 15.9 Å². The standard InChI is InChI=1S/C10H11BrN2O2S/c1-13(16(14,15)7-6-12)8-9-2-4-10(11)5-3-9/h2-5H,7-8H2,1H3. The number of hydrogen-bond donors (Lipinski definition) is 0. The third-order valence-corrected chi connectivity index (χ3v) is 4.14. The number of halogens is 1. The molecular formula is C10H11BrN2O2S. The van der Waals surface area contributed by atoms with E-state index in [1.54, 1.807) is 6.07 Å². The number of benzene rings is 1. The highest BCUT2D eigenvalue weighted by molar-refractivity contribution is 9.10. The zero-order chi connectivity index (χ0) is 12.2. The molecule has 0 amide bonds. The van der Waals surface area contributed by atoms with Gasteiger partial charge in [0.1, 0.15) is 0 Å². The number of nitrogens with zero attached hydrogens (tertiary/aromatic N) is 2. The first kappa shape index (κ1) is 13.2. The monoisotopic (exact) mass is 302 g/mol. The van der Waals surface area contributed by atoms with Gasteiger partial charge in [0.2, 0.25) is 10.0 Å². The molecule has 0 aliphatic rings. The van der Waals surface area contributed by atoms with Crippen LogP contribution in [-0.4, -0.2) is 25.5 Å². The van der Waals surface area contributed by atoms with E-state index in [9.17, 15) is 8.42 Å². The van der Waals surface area contributed by atoms with Crippen LogP contribution in [0.4, 0.5) is 0 Å². The van der Waals surface area contributed by atoms with Gasteiger partial charge in [-0.3, -0.25) is 0 Å². The minimum atomic E-state index is -3.46. The molecule has 0 saturated carbocycles. The van der Waals surface area contributed by atoms with Crippen LogP contribution in [0.15, 0.2) is 28.7 Å². The van der Waals surface area contributed by atoms with Crippen molar-refractivity contribution >= 4 is 26.0 Å². The lowest BCUT2D eigenvalue weighted by atomic mass is 10.2. The molecule has 0 aliphatic carbocycles. The van der Waals surface area contributed by atoms with Gasteiger partial charge in [0.15, 0.2) is 5.75 Å². The molecule has 1 aromatic carbocycles. The molecule has 6 heteroatoms. The van der Waals surface area contributed by atoms with Crippen LogP contribution in [0.1, 0.15) is 5.56 Å². The van der Waals surface area contributed by atoms with E-state index < -0.39 is 15.8 Å². The smallest absolute Gasteiger partial charge is 0.211 e. The van der Waals surface area contributed by atoms with Crippen molar-refractivity contribution in [1.29, 1.82) is 5.26 Å². The summed E-state index contributed by atoms with van der Waals surface area (Å²) in [6.07, 6.45) is 0. The van der Waals surface area contributed by atoms with Crippen molar-refractivity contribution in [3.05, 3.63) is 34.3 Å².